The van der Waals surface area contributed by atoms with Gasteiger partial charge in [0.1, 0.15) is 0 Å². The number of benzene rings is 4. The number of allylic oxidation sites excluding steroid dienone is 16. The molecule has 230 valence electrons. The third-order valence-electron chi connectivity index (χ3n) is 11.7. The minimum absolute atomic E-state index is 0.348. The normalized spacial score (nSPS) is 25.0. The van der Waals surface area contributed by atoms with Crippen LogP contribution in [0.1, 0.15) is 53.9 Å². The van der Waals surface area contributed by atoms with Gasteiger partial charge in [0.2, 0.25) is 0 Å². The molecule has 0 N–H and O–H groups in total. The van der Waals surface area contributed by atoms with E-state index >= 15 is 0 Å². The van der Waals surface area contributed by atoms with E-state index in [4.69, 9.17) is 0 Å². The Morgan fingerprint density at radius 3 is 2.40 bits per heavy atom. The number of rotatable bonds is 3. The minimum atomic E-state index is -1.75. The Kier molecular flexibility index (Phi) is 6.60. The van der Waals surface area contributed by atoms with Crippen LogP contribution in [0.15, 0.2) is 145 Å². The fourth-order valence-electron chi connectivity index (χ4n) is 9.32. The van der Waals surface area contributed by atoms with Crippen LogP contribution >= 0.6 is 0 Å². The predicted octanol–water partition coefficient (Wildman–Crippen LogP) is 11.9. The second-order valence-corrected chi connectivity index (χ2v) is 19.7. The molecule has 1 heteroatoms. The lowest BCUT2D eigenvalue weighted by molar-refractivity contribution is 0.783. The lowest BCUT2D eigenvalue weighted by Crippen LogP contribution is -2.41. The Hall–Kier alpha value is -4.46. The van der Waals surface area contributed by atoms with E-state index in [0.29, 0.717) is 23.3 Å². The summed E-state index contributed by atoms with van der Waals surface area (Å²) in [7, 11) is -1.75. The van der Waals surface area contributed by atoms with Gasteiger partial charge in [-0.1, -0.05) is 157 Å². The Morgan fingerprint density at radius 2 is 1.53 bits per heavy atom. The molecule has 0 nitrogen and oxygen atoms in total. The molecule has 0 saturated heterocycles. The van der Waals surface area contributed by atoms with E-state index in [1.807, 2.05) is 0 Å². The molecule has 4 atom stereocenters. The van der Waals surface area contributed by atoms with Gasteiger partial charge in [0.15, 0.2) is 0 Å². The highest BCUT2D eigenvalue weighted by atomic mass is 28.3. The molecule has 47 heavy (non-hydrogen) atoms. The van der Waals surface area contributed by atoms with Gasteiger partial charge in [-0.05, 0) is 98.8 Å². The van der Waals surface area contributed by atoms with E-state index in [1.165, 1.54) is 66.1 Å². The third kappa shape index (κ3) is 4.54. The van der Waals surface area contributed by atoms with Crippen LogP contribution in [0.5, 0.6) is 0 Å². The van der Waals surface area contributed by atoms with Gasteiger partial charge < -0.3 is 0 Å². The summed E-state index contributed by atoms with van der Waals surface area (Å²) in [5.41, 5.74) is 13.2. The summed E-state index contributed by atoms with van der Waals surface area (Å²) in [6, 6.07) is 21.9. The molecule has 4 aromatic rings. The maximum absolute atomic E-state index is 2.67. The Labute approximate surface area is 280 Å². The fraction of sp³-hybridized carbons (Fsp3) is 0.217. The van der Waals surface area contributed by atoms with Crippen molar-refractivity contribution in [3.8, 4) is 11.1 Å². The number of fused-ring (bicyclic) bond motifs is 6. The largest absolute Gasteiger partial charge is 0.0887 e. The van der Waals surface area contributed by atoms with E-state index in [9.17, 15) is 0 Å². The van der Waals surface area contributed by atoms with Crippen molar-refractivity contribution in [2.24, 2.45) is 5.92 Å². The third-order valence-corrected chi connectivity index (χ3v) is 15.8. The van der Waals surface area contributed by atoms with Crippen molar-refractivity contribution in [2.45, 2.75) is 57.2 Å². The van der Waals surface area contributed by atoms with Gasteiger partial charge in [-0.2, -0.15) is 0 Å². The Balaban J connectivity index is 1.38. The first-order chi connectivity index (χ1) is 22.9. The van der Waals surface area contributed by atoms with Crippen LogP contribution in [0.3, 0.4) is 0 Å². The molecule has 1 heterocycles. The van der Waals surface area contributed by atoms with Crippen molar-refractivity contribution in [2.75, 3.05) is 0 Å². The molecule has 1 aliphatic heterocycles. The zero-order chi connectivity index (χ0) is 31.9. The van der Waals surface area contributed by atoms with Crippen LogP contribution in [0, 0.1) is 12.8 Å². The average Bonchev–Trinajstić information content (AvgIpc) is 3.31. The van der Waals surface area contributed by atoms with Crippen LogP contribution in [-0.4, -0.2) is 8.07 Å². The van der Waals surface area contributed by atoms with Crippen LogP contribution in [0.2, 0.25) is 18.6 Å². The molecule has 0 amide bonds. The van der Waals surface area contributed by atoms with E-state index in [2.05, 4.69) is 161 Å². The van der Waals surface area contributed by atoms with Crippen molar-refractivity contribution < 1.29 is 0 Å². The number of aryl methyl sites for hydroxylation is 1. The lowest BCUT2D eigenvalue weighted by Gasteiger charge is -2.27. The van der Waals surface area contributed by atoms with Crippen LogP contribution in [0.4, 0.5) is 0 Å². The Morgan fingerprint density at radius 1 is 0.702 bits per heavy atom. The summed E-state index contributed by atoms with van der Waals surface area (Å²) < 4.78 is 0. The number of hydrogen-bond donors (Lipinski definition) is 0. The van der Waals surface area contributed by atoms with Crippen molar-refractivity contribution in [3.05, 3.63) is 167 Å². The molecule has 5 aliphatic rings. The van der Waals surface area contributed by atoms with Crippen LogP contribution in [0.25, 0.3) is 38.2 Å². The molecule has 0 radical (unpaired) electrons. The lowest BCUT2D eigenvalue weighted by atomic mass is 9.78. The van der Waals surface area contributed by atoms with Gasteiger partial charge in [-0.25, -0.2) is 0 Å². The predicted molar refractivity (Wildman–Crippen MR) is 206 cm³/mol. The van der Waals surface area contributed by atoms with Crippen LogP contribution < -0.4 is 5.19 Å². The molecule has 4 unspecified atom stereocenters. The van der Waals surface area contributed by atoms with Gasteiger partial charge >= 0.3 is 0 Å². The van der Waals surface area contributed by atoms with Crippen molar-refractivity contribution in [1.29, 1.82) is 0 Å². The van der Waals surface area contributed by atoms with Gasteiger partial charge in [-0.3, -0.25) is 0 Å². The van der Waals surface area contributed by atoms with E-state index in [1.54, 1.807) is 10.8 Å². The molecule has 4 aliphatic carbocycles. The Bertz CT molecular complexity index is 2260. The standard InChI is InChI=1S/C46H42Si/c1-29-11-9-15-35(23-29)45-38-22-21-34(33-20-19-31-13-5-6-14-32(31)25-33)26-40(38)46(36-16-10-12-30(2)24-36)42-28-44-39(27-41(42)45)37-17-7-8-18-43(37)47(44,3)4/h5-18,20-22,24-28,31,35,37,43H,19,23H2,1-4H3. The smallest absolute Gasteiger partial charge is 0.0829 e. The summed E-state index contributed by atoms with van der Waals surface area (Å²) in [4.78, 5) is 0. The summed E-state index contributed by atoms with van der Waals surface area (Å²) in [5.74, 6) is 1.33. The fourth-order valence-corrected chi connectivity index (χ4v) is 13.0. The van der Waals surface area contributed by atoms with Crippen LogP contribution in [-0.2, 0) is 0 Å². The maximum atomic E-state index is 2.67. The summed E-state index contributed by atoms with van der Waals surface area (Å²) in [5, 5.41) is 7.29. The molecular weight excluding hydrogens is 581 g/mol. The SMILES string of the molecule is CC1=CC=CC(c2c3ccc(C4=CCC5C=CC=CC5=C4)cc3c(-c3cccc(C)c3)c3cc4c(cc23)C2C=CC=CC2[Si]4(C)C)C1. The summed E-state index contributed by atoms with van der Waals surface area (Å²) in [6.07, 6.45) is 32.6. The first-order valence-corrected chi connectivity index (χ1v) is 20.6. The van der Waals surface area contributed by atoms with Gasteiger partial charge in [0.25, 0.3) is 0 Å². The molecule has 0 spiro atoms. The molecule has 0 saturated carbocycles. The first kappa shape index (κ1) is 28.7. The molecule has 4 aromatic carbocycles. The highest BCUT2D eigenvalue weighted by molar-refractivity contribution is 6.93. The quantitative estimate of drug-likeness (QED) is 0.157. The molecule has 0 bridgehead atoms. The minimum Gasteiger partial charge on any atom is -0.0829 e. The summed E-state index contributed by atoms with van der Waals surface area (Å²) in [6.45, 7) is 9.72. The van der Waals surface area contributed by atoms with Crippen molar-refractivity contribution in [1.82, 2.24) is 0 Å². The molecule has 9 rings (SSSR count). The van der Waals surface area contributed by atoms with Gasteiger partial charge in [0.05, 0.1) is 8.07 Å². The van der Waals surface area contributed by atoms with Gasteiger partial charge in [-0.15, -0.1) is 0 Å². The van der Waals surface area contributed by atoms with Crippen molar-refractivity contribution in [3.63, 3.8) is 0 Å². The first-order valence-electron chi connectivity index (χ1n) is 17.5. The average molecular weight is 623 g/mol. The highest BCUT2D eigenvalue weighted by Crippen LogP contribution is 2.51. The highest BCUT2D eigenvalue weighted by Gasteiger charge is 2.46. The molecule has 0 aromatic heterocycles. The molecular formula is C46H42Si. The second kappa shape index (κ2) is 10.8. The van der Waals surface area contributed by atoms with Crippen molar-refractivity contribution >= 4 is 40.4 Å². The van der Waals surface area contributed by atoms with Gasteiger partial charge in [0, 0.05) is 17.8 Å². The zero-order valence-corrected chi connectivity index (χ0v) is 28.9. The van der Waals surface area contributed by atoms with E-state index in [0.717, 1.165) is 12.8 Å². The summed E-state index contributed by atoms with van der Waals surface area (Å²) >= 11 is 0. The maximum Gasteiger partial charge on any atom is 0.0887 e. The monoisotopic (exact) mass is 622 g/mol. The topological polar surface area (TPSA) is 0 Å². The molecule has 0 fully saturated rings. The number of hydrogen-bond acceptors (Lipinski definition) is 0. The van der Waals surface area contributed by atoms with E-state index in [-0.39, 0.29) is 0 Å². The second-order valence-electron chi connectivity index (χ2n) is 15.0. The zero-order valence-electron chi connectivity index (χ0n) is 27.9. The van der Waals surface area contributed by atoms with E-state index < -0.39 is 8.07 Å².